The third-order valence-electron chi connectivity index (χ3n) is 2.26. The Morgan fingerprint density at radius 3 is 2.75 bits per heavy atom. The highest BCUT2D eigenvalue weighted by Crippen LogP contribution is 2.15. The van der Waals surface area contributed by atoms with Crippen LogP contribution in [0.3, 0.4) is 0 Å². The first kappa shape index (κ1) is 7.47. The van der Waals surface area contributed by atoms with E-state index in [0.29, 0.717) is 0 Å². The molecule has 60 valence electrons. The van der Waals surface area contributed by atoms with Crippen LogP contribution in [0, 0.1) is 0 Å². The molecule has 0 saturated carbocycles. The fourth-order valence-electron chi connectivity index (χ4n) is 1.56. The molecule has 0 amide bonds. The largest absolute Gasteiger partial charge is 0.462 e. The number of fused-ring (bicyclic) bond motifs is 1. The molecular weight excluding hydrogens is 147 g/mol. The highest BCUT2D eigenvalue weighted by molar-refractivity contribution is 6.39. The van der Waals surface area contributed by atoms with E-state index in [-0.39, 0.29) is 0 Å². The van der Waals surface area contributed by atoms with Crippen molar-refractivity contribution < 1.29 is 4.42 Å². The van der Waals surface area contributed by atoms with E-state index in [0.717, 1.165) is 17.8 Å². The van der Waals surface area contributed by atoms with Gasteiger partial charge in [-0.15, -0.1) is 0 Å². The van der Waals surface area contributed by atoms with Gasteiger partial charge in [-0.3, -0.25) is 0 Å². The Morgan fingerprint density at radius 2 is 2.08 bits per heavy atom. The molecule has 0 N–H and O–H groups in total. The quantitative estimate of drug-likeness (QED) is 0.569. The zero-order chi connectivity index (χ0) is 8.55. The predicted molar refractivity (Wildman–Crippen MR) is 53.8 cm³/mol. The van der Waals surface area contributed by atoms with Crippen molar-refractivity contribution in [1.82, 2.24) is 0 Å². The molecule has 0 aliphatic heterocycles. The smallest absolute Gasteiger partial charge is 0.144 e. The van der Waals surface area contributed by atoms with E-state index >= 15 is 0 Å². The summed E-state index contributed by atoms with van der Waals surface area (Å²) in [6.07, 6.45) is 0.973. The van der Waals surface area contributed by atoms with Crippen LogP contribution in [-0.4, -0.2) is 7.85 Å². The molecule has 2 heteroatoms. The zero-order valence-corrected chi connectivity index (χ0v) is 7.42. The van der Waals surface area contributed by atoms with Crippen LogP contribution in [0.2, 0.25) is 0 Å². The number of para-hydroxylation sites is 1. The molecule has 2 aromatic rings. The second-order valence-electron chi connectivity index (χ2n) is 3.00. The molecule has 0 aliphatic rings. The lowest BCUT2D eigenvalue weighted by Crippen LogP contribution is -2.04. The Kier molecular flexibility index (Phi) is 1.68. The maximum Gasteiger partial charge on any atom is 0.144 e. The van der Waals surface area contributed by atoms with E-state index in [9.17, 15) is 0 Å². The first-order valence-corrected chi connectivity index (χ1v) is 4.30. The van der Waals surface area contributed by atoms with Gasteiger partial charge in [0.2, 0.25) is 0 Å². The molecule has 2 rings (SSSR count). The number of aryl methyl sites for hydroxylation is 1. The highest BCUT2D eigenvalue weighted by atomic mass is 16.3. The first-order chi connectivity index (χ1) is 5.83. The Hall–Kier alpha value is -1.18. The van der Waals surface area contributed by atoms with Gasteiger partial charge < -0.3 is 4.42 Å². The van der Waals surface area contributed by atoms with Crippen molar-refractivity contribution in [3.05, 3.63) is 30.0 Å². The van der Waals surface area contributed by atoms with Crippen LogP contribution in [0.25, 0.3) is 11.0 Å². The van der Waals surface area contributed by atoms with Gasteiger partial charge in [-0.25, -0.2) is 0 Å². The Labute approximate surface area is 72.8 Å². The van der Waals surface area contributed by atoms with Gasteiger partial charge in [0.1, 0.15) is 13.4 Å². The minimum absolute atomic E-state index is 0.973. The molecule has 1 heterocycles. The van der Waals surface area contributed by atoms with Crippen LogP contribution in [-0.2, 0) is 6.42 Å². The first-order valence-electron chi connectivity index (χ1n) is 4.30. The van der Waals surface area contributed by atoms with Gasteiger partial charge in [-0.05, 0) is 11.5 Å². The average Bonchev–Trinajstić information content (AvgIpc) is 2.44. The molecular formula is C10H11BO. The topological polar surface area (TPSA) is 13.1 Å². The SMILES string of the molecule is Bc1c(CC)oc2ccccc12. The lowest BCUT2D eigenvalue weighted by molar-refractivity contribution is 0.560. The maximum absolute atomic E-state index is 5.65. The third kappa shape index (κ3) is 0.952. The molecule has 1 nitrogen and oxygen atoms in total. The van der Waals surface area contributed by atoms with E-state index in [1.165, 1.54) is 10.8 Å². The van der Waals surface area contributed by atoms with Crippen LogP contribution < -0.4 is 5.46 Å². The van der Waals surface area contributed by atoms with Crippen molar-refractivity contribution in [2.24, 2.45) is 0 Å². The molecule has 0 bridgehead atoms. The van der Waals surface area contributed by atoms with Crippen molar-refractivity contribution in [2.45, 2.75) is 13.3 Å². The summed E-state index contributed by atoms with van der Waals surface area (Å²) in [5.74, 6) is 1.11. The second-order valence-corrected chi connectivity index (χ2v) is 3.00. The Balaban J connectivity index is 2.78. The molecule has 0 spiro atoms. The molecule has 0 unspecified atom stereocenters. The summed E-state index contributed by atoms with van der Waals surface area (Å²) < 4.78 is 5.65. The van der Waals surface area contributed by atoms with Gasteiger partial charge in [-0.2, -0.15) is 0 Å². The Morgan fingerprint density at radius 1 is 1.33 bits per heavy atom. The van der Waals surface area contributed by atoms with Gasteiger partial charge in [0, 0.05) is 11.8 Å². The summed E-state index contributed by atoms with van der Waals surface area (Å²) in [6.45, 7) is 2.12. The zero-order valence-electron chi connectivity index (χ0n) is 7.42. The molecule has 1 aromatic carbocycles. The van der Waals surface area contributed by atoms with Crippen LogP contribution in [0.4, 0.5) is 0 Å². The molecule has 0 atom stereocenters. The van der Waals surface area contributed by atoms with Crippen molar-refractivity contribution in [2.75, 3.05) is 0 Å². The lowest BCUT2D eigenvalue weighted by Gasteiger charge is -1.88. The number of benzene rings is 1. The molecule has 12 heavy (non-hydrogen) atoms. The van der Waals surface area contributed by atoms with Crippen molar-refractivity contribution >= 4 is 24.3 Å². The monoisotopic (exact) mass is 158 g/mol. The second kappa shape index (κ2) is 2.70. The molecule has 0 radical (unpaired) electrons. The van der Waals surface area contributed by atoms with E-state index in [2.05, 4.69) is 20.8 Å². The number of hydrogen-bond donors (Lipinski definition) is 0. The fraction of sp³-hybridized carbons (Fsp3) is 0.200. The summed E-state index contributed by atoms with van der Waals surface area (Å²) in [5.41, 5.74) is 2.29. The van der Waals surface area contributed by atoms with Crippen LogP contribution in [0.15, 0.2) is 28.7 Å². The number of rotatable bonds is 1. The van der Waals surface area contributed by atoms with Crippen LogP contribution in [0.1, 0.15) is 12.7 Å². The minimum Gasteiger partial charge on any atom is -0.462 e. The number of furan rings is 1. The van der Waals surface area contributed by atoms with E-state index in [4.69, 9.17) is 4.42 Å². The predicted octanol–water partition coefficient (Wildman–Crippen LogP) is 1.25. The molecule has 0 fully saturated rings. The maximum atomic E-state index is 5.65. The van der Waals surface area contributed by atoms with E-state index in [1.807, 2.05) is 18.2 Å². The fourth-order valence-corrected chi connectivity index (χ4v) is 1.56. The van der Waals surface area contributed by atoms with Gasteiger partial charge in [-0.1, -0.05) is 25.1 Å². The summed E-state index contributed by atoms with van der Waals surface area (Å²) >= 11 is 0. The van der Waals surface area contributed by atoms with Gasteiger partial charge in [0.05, 0.1) is 5.76 Å². The van der Waals surface area contributed by atoms with Crippen LogP contribution in [0.5, 0.6) is 0 Å². The Bertz CT molecular complexity index is 403. The lowest BCUT2D eigenvalue weighted by atomic mass is 9.92. The van der Waals surface area contributed by atoms with Crippen LogP contribution >= 0.6 is 0 Å². The van der Waals surface area contributed by atoms with E-state index < -0.39 is 0 Å². The van der Waals surface area contributed by atoms with Gasteiger partial charge in [0.15, 0.2) is 0 Å². The third-order valence-corrected chi connectivity index (χ3v) is 2.26. The summed E-state index contributed by atoms with van der Waals surface area (Å²) in [5, 5.41) is 1.24. The van der Waals surface area contributed by atoms with Crippen molar-refractivity contribution in [3.63, 3.8) is 0 Å². The van der Waals surface area contributed by atoms with Gasteiger partial charge >= 0.3 is 0 Å². The van der Waals surface area contributed by atoms with Crippen molar-refractivity contribution in [3.8, 4) is 0 Å². The van der Waals surface area contributed by atoms with E-state index in [1.54, 1.807) is 0 Å². The average molecular weight is 158 g/mol. The van der Waals surface area contributed by atoms with Gasteiger partial charge in [0.25, 0.3) is 0 Å². The molecule has 0 saturated heterocycles. The van der Waals surface area contributed by atoms with Crippen molar-refractivity contribution in [1.29, 1.82) is 0 Å². The molecule has 1 aromatic heterocycles. The standard InChI is InChI=1S/C10H11BO/c1-2-8-10(11)7-5-3-4-6-9(7)12-8/h3-6H,2,11H2,1H3. The normalized spacial score (nSPS) is 10.8. The summed E-state index contributed by atoms with van der Waals surface area (Å²) in [6, 6.07) is 8.17. The summed E-state index contributed by atoms with van der Waals surface area (Å²) in [4.78, 5) is 0. The minimum atomic E-state index is 0.973. The highest BCUT2D eigenvalue weighted by Gasteiger charge is 2.06. The summed E-state index contributed by atoms with van der Waals surface area (Å²) in [7, 11) is 2.12. The number of hydrogen-bond acceptors (Lipinski definition) is 1. The molecule has 0 aliphatic carbocycles.